The lowest BCUT2D eigenvalue weighted by molar-refractivity contribution is -0.295. The maximum Gasteiger partial charge on any atom is 0.224 e. The van der Waals surface area contributed by atoms with Gasteiger partial charge in [-0.25, -0.2) is 0 Å². The van der Waals surface area contributed by atoms with Crippen LogP contribution in [0.3, 0.4) is 0 Å². The summed E-state index contributed by atoms with van der Waals surface area (Å²) >= 11 is 0. The predicted octanol–water partition coefficient (Wildman–Crippen LogP) is 2.30. The fourth-order valence-electron chi connectivity index (χ4n) is 3.99. The summed E-state index contributed by atoms with van der Waals surface area (Å²) in [7, 11) is 0. The van der Waals surface area contributed by atoms with E-state index in [9.17, 15) is 4.79 Å². The molecule has 2 aliphatic heterocycles. The fourth-order valence-corrected chi connectivity index (χ4v) is 3.99. The molecule has 1 atom stereocenters. The Morgan fingerprint density at radius 1 is 1.04 bits per heavy atom. The van der Waals surface area contributed by atoms with Crippen LogP contribution in [0.1, 0.15) is 25.7 Å². The largest absolute Gasteiger partial charge is 0.347 e. The molecule has 6 nitrogen and oxygen atoms in total. The van der Waals surface area contributed by atoms with E-state index in [2.05, 4.69) is 5.32 Å². The molecule has 1 aliphatic carbocycles. The Morgan fingerprint density at radius 2 is 1.71 bits per heavy atom. The molecule has 2 saturated heterocycles. The van der Waals surface area contributed by atoms with E-state index in [0.717, 1.165) is 18.5 Å². The van der Waals surface area contributed by atoms with Crippen LogP contribution in [0.25, 0.3) is 0 Å². The van der Waals surface area contributed by atoms with Gasteiger partial charge in [0, 0.05) is 24.4 Å². The summed E-state index contributed by atoms with van der Waals surface area (Å²) in [5.74, 6) is -1.39. The summed E-state index contributed by atoms with van der Waals surface area (Å²) in [5.41, 5.74) is 0.805. The lowest BCUT2D eigenvalue weighted by atomic mass is 9.77. The van der Waals surface area contributed by atoms with Crippen LogP contribution in [-0.4, -0.2) is 43.9 Å². The van der Waals surface area contributed by atoms with Gasteiger partial charge in [-0.15, -0.1) is 0 Å². The summed E-state index contributed by atoms with van der Waals surface area (Å²) in [4.78, 5) is 12.4. The van der Waals surface area contributed by atoms with E-state index in [0.29, 0.717) is 39.3 Å². The number of rotatable bonds is 3. The molecule has 3 fully saturated rings. The van der Waals surface area contributed by atoms with Gasteiger partial charge >= 0.3 is 0 Å². The SMILES string of the molecule is O=C(CC1CCC2(CC13OCCO3)OCCO2)Nc1ccccc1. The van der Waals surface area contributed by atoms with Crippen LogP contribution in [0.15, 0.2) is 30.3 Å². The number of nitrogens with one attached hydrogen (secondary N) is 1. The minimum Gasteiger partial charge on any atom is -0.347 e. The highest BCUT2D eigenvalue weighted by atomic mass is 16.8. The van der Waals surface area contributed by atoms with Gasteiger partial charge in [-0.05, 0) is 18.6 Å². The van der Waals surface area contributed by atoms with E-state index in [1.165, 1.54) is 0 Å². The van der Waals surface area contributed by atoms with Crippen LogP contribution in [0.4, 0.5) is 5.69 Å². The Kier molecular flexibility index (Phi) is 4.30. The highest BCUT2D eigenvalue weighted by Gasteiger charge is 2.57. The number of carbonyl (C=O) groups is 1. The highest BCUT2D eigenvalue weighted by molar-refractivity contribution is 5.90. The molecule has 1 aromatic rings. The zero-order valence-electron chi connectivity index (χ0n) is 13.7. The molecule has 0 aromatic heterocycles. The number of hydrogen-bond acceptors (Lipinski definition) is 5. The first-order valence-corrected chi connectivity index (χ1v) is 8.61. The molecule has 130 valence electrons. The average Bonchev–Trinajstić information content (AvgIpc) is 3.22. The number of ether oxygens (including phenoxy) is 4. The summed E-state index contributed by atoms with van der Waals surface area (Å²) in [6.45, 7) is 2.31. The van der Waals surface area contributed by atoms with Gasteiger partial charge in [0.05, 0.1) is 32.8 Å². The summed E-state index contributed by atoms with van der Waals surface area (Å²) in [6, 6.07) is 9.49. The van der Waals surface area contributed by atoms with Crippen LogP contribution in [0.5, 0.6) is 0 Å². The molecule has 2 spiro atoms. The van der Waals surface area contributed by atoms with Crippen molar-refractivity contribution in [2.24, 2.45) is 5.92 Å². The third kappa shape index (κ3) is 3.07. The van der Waals surface area contributed by atoms with Gasteiger partial charge < -0.3 is 24.3 Å². The van der Waals surface area contributed by atoms with Crippen molar-refractivity contribution in [2.75, 3.05) is 31.7 Å². The monoisotopic (exact) mass is 333 g/mol. The van der Waals surface area contributed by atoms with Gasteiger partial charge in [-0.2, -0.15) is 0 Å². The molecule has 1 aromatic carbocycles. The second-order valence-corrected chi connectivity index (χ2v) is 6.65. The van der Waals surface area contributed by atoms with E-state index in [1.54, 1.807) is 0 Å². The molecule has 1 amide bonds. The quantitative estimate of drug-likeness (QED) is 0.919. The third-order valence-corrected chi connectivity index (χ3v) is 5.09. The van der Waals surface area contributed by atoms with Gasteiger partial charge in [-0.1, -0.05) is 18.2 Å². The predicted molar refractivity (Wildman–Crippen MR) is 86.3 cm³/mol. The van der Waals surface area contributed by atoms with Crippen LogP contribution in [0, 0.1) is 5.92 Å². The van der Waals surface area contributed by atoms with Gasteiger partial charge in [-0.3, -0.25) is 4.79 Å². The summed E-state index contributed by atoms with van der Waals surface area (Å²) in [6.07, 6.45) is 2.45. The van der Waals surface area contributed by atoms with E-state index >= 15 is 0 Å². The van der Waals surface area contributed by atoms with Gasteiger partial charge in [0.2, 0.25) is 5.91 Å². The molecule has 6 heteroatoms. The molecule has 1 saturated carbocycles. The highest BCUT2D eigenvalue weighted by Crippen LogP contribution is 2.49. The molecular weight excluding hydrogens is 310 g/mol. The molecule has 0 radical (unpaired) electrons. The first-order valence-electron chi connectivity index (χ1n) is 8.61. The lowest BCUT2D eigenvalue weighted by Gasteiger charge is -2.46. The van der Waals surface area contributed by atoms with Crippen molar-refractivity contribution in [2.45, 2.75) is 37.3 Å². The topological polar surface area (TPSA) is 66.0 Å². The van der Waals surface area contributed by atoms with Crippen LogP contribution in [-0.2, 0) is 23.7 Å². The Balaban J connectivity index is 1.45. The van der Waals surface area contributed by atoms with Crippen LogP contribution >= 0.6 is 0 Å². The second-order valence-electron chi connectivity index (χ2n) is 6.65. The van der Waals surface area contributed by atoms with Crippen molar-refractivity contribution in [3.63, 3.8) is 0 Å². The van der Waals surface area contributed by atoms with Crippen molar-refractivity contribution in [3.05, 3.63) is 30.3 Å². The van der Waals surface area contributed by atoms with Gasteiger partial charge in [0.1, 0.15) is 0 Å². The first kappa shape index (κ1) is 16.0. The Morgan fingerprint density at radius 3 is 2.42 bits per heavy atom. The van der Waals surface area contributed by atoms with Gasteiger partial charge in [0.15, 0.2) is 11.6 Å². The Labute approximate surface area is 141 Å². The standard InChI is InChI=1S/C18H23NO5/c20-16(19-15-4-2-1-3-5-15)12-14-6-7-17(21-8-9-22-17)13-18(14)23-10-11-24-18/h1-5,14H,6-13H2,(H,19,20). The van der Waals surface area contributed by atoms with Crippen molar-refractivity contribution in [1.82, 2.24) is 0 Å². The van der Waals surface area contributed by atoms with E-state index in [1.807, 2.05) is 30.3 Å². The fraction of sp³-hybridized carbons (Fsp3) is 0.611. The number of hydrogen-bond donors (Lipinski definition) is 1. The minimum atomic E-state index is -0.767. The lowest BCUT2D eigenvalue weighted by Crippen LogP contribution is -2.53. The zero-order valence-corrected chi connectivity index (χ0v) is 13.7. The molecule has 24 heavy (non-hydrogen) atoms. The summed E-state index contributed by atoms with van der Waals surface area (Å²) in [5, 5.41) is 2.94. The second kappa shape index (κ2) is 6.44. The molecule has 1 unspecified atom stereocenters. The molecule has 2 heterocycles. The van der Waals surface area contributed by atoms with Crippen LogP contribution in [0.2, 0.25) is 0 Å². The van der Waals surface area contributed by atoms with Crippen molar-refractivity contribution in [1.29, 1.82) is 0 Å². The maximum atomic E-state index is 12.4. The Hall–Kier alpha value is -1.47. The van der Waals surface area contributed by atoms with Gasteiger partial charge in [0.25, 0.3) is 0 Å². The van der Waals surface area contributed by atoms with Crippen LogP contribution < -0.4 is 5.32 Å². The number of benzene rings is 1. The minimum absolute atomic E-state index is 0.00198. The third-order valence-electron chi connectivity index (χ3n) is 5.09. The smallest absolute Gasteiger partial charge is 0.224 e. The first-order chi connectivity index (χ1) is 11.7. The summed E-state index contributed by atoms with van der Waals surface area (Å²) < 4.78 is 23.6. The van der Waals surface area contributed by atoms with E-state index in [-0.39, 0.29) is 11.8 Å². The van der Waals surface area contributed by atoms with Crippen molar-refractivity contribution >= 4 is 11.6 Å². The number of amides is 1. The number of para-hydroxylation sites is 1. The van der Waals surface area contributed by atoms with Crippen molar-refractivity contribution < 1.29 is 23.7 Å². The normalized spacial score (nSPS) is 27.6. The molecule has 4 rings (SSSR count). The Bertz CT molecular complexity index is 578. The molecular formula is C18H23NO5. The molecule has 1 N–H and O–H groups in total. The van der Waals surface area contributed by atoms with E-state index in [4.69, 9.17) is 18.9 Å². The van der Waals surface area contributed by atoms with Crippen molar-refractivity contribution in [3.8, 4) is 0 Å². The molecule has 0 bridgehead atoms. The van der Waals surface area contributed by atoms with E-state index < -0.39 is 11.6 Å². The number of carbonyl (C=O) groups excluding carboxylic acids is 1. The number of anilines is 1. The zero-order chi connectivity index (χ0) is 16.5. The molecule has 3 aliphatic rings. The average molecular weight is 333 g/mol. The maximum absolute atomic E-state index is 12.4.